The van der Waals surface area contributed by atoms with E-state index < -0.39 is 0 Å². The summed E-state index contributed by atoms with van der Waals surface area (Å²) < 4.78 is 2.25. The third-order valence-electron chi connectivity index (χ3n) is 6.73. The van der Waals surface area contributed by atoms with Gasteiger partial charge in [0.1, 0.15) is 0 Å². The Morgan fingerprint density at radius 1 is 0.972 bits per heavy atom. The molecule has 1 aliphatic carbocycles. The summed E-state index contributed by atoms with van der Waals surface area (Å²) in [7, 11) is 2.17. The van der Waals surface area contributed by atoms with Crippen molar-refractivity contribution in [3.05, 3.63) is 95.6 Å². The van der Waals surface area contributed by atoms with Crippen LogP contribution in [0.3, 0.4) is 0 Å². The fraction of sp³-hybridized carbons (Fsp3) is 0.207. The van der Waals surface area contributed by atoms with Crippen molar-refractivity contribution in [1.29, 1.82) is 0 Å². The van der Waals surface area contributed by atoms with Crippen molar-refractivity contribution in [3.63, 3.8) is 0 Å². The lowest BCUT2D eigenvalue weighted by Gasteiger charge is -2.26. The second-order valence-electron chi connectivity index (χ2n) is 9.30. The number of para-hydroxylation sites is 2. The Morgan fingerprint density at radius 3 is 2.56 bits per heavy atom. The average molecular weight is 495 g/mol. The third-order valence-corrected chi connectivity index (χ3v) is 6.98. The molecule has 2 aliphatic heterocycles. The molecule has 0 bridgehead atoms. The van der Waals surface area contributed by atoms with E-state index in [1.54, 1.807) is 6.20 Å². The molecule has 1 aromatic heterocycles. The van der Waals surface area contributed by atoms with E-state index >= 15 is 0 Å². The van der Waals surface area contributed by atoms with Crippen molar-refractivity contribution >= 4 is 34.0 Å². The van der Waals surface area contributed by atoms with E-state index in [1.165, 1.54) is 0 Å². The van der Waals surface area contributed by atoms with Crippen LogP contribution in [-0.4, -0.2) is 45.6 Å². The topological polar surface area (TPSA) is 58.3 Å². The van der Waals surface area contributed by atoms with Gasteiger partial charge in [-0.3, -0.25) is 9.98 Å². The number of fused-ring (bicyclic) bond motifs is 2. The zero-order valence-electron chi connectivity index (χ0n) is 20.1. The van der Waals surface area contributed by atoms with Crippen LogP contribution in [0.25, 0.3) is 28.1 Å². The molecule has 3 heterocycles. The molecule has 0 radical (unpaired) electrons. The van der Waals surface area contributed by atoms with Gasteiger partial charge in [0.15, 0.2) is 0 Å². The number of likely N-dealkylation sites (tertiary alicyclic amines) is 1. The number of nitrogens with zero attached hydrogens (tertiary/aromatic N) is 5. The Kier molecular flexibility index (Phi) is 6.13. The monoisotopic (exact) mass is 494 g/mol. The van der Waals surface area contributed by atoms with Crippen LogP contribution in [0, 0.1) is 0 Å². The molecule has 3 aliphatic rings. The van der Waals surface area contributed by atoms with Crippen LogP contribution in [0.15, 0.2) is 90.2 Å². The minimum absolute atomic E-state index is 0.283. The van der Waals surface area contributed by atoms with E-state index in [9.17, 15) is 0 Å². The van der Waals surface area contributed by atoms with E-state index in [-0.39, 0.29) is 6.04 Å². The molecule has 36 heavy (non-hydrogen) atoms. The highest BCUT2D eigenvalue weighted by Crippen LogP contribution is 2.31. The first-order valence-electron chi connectivity index (χ1n) is 12.2. The minimum atomic E-state index is 0.283. The van der Waals surface area contributed by atoms with Crippen molar-refractivity contribution in [1.82, 2.24) is 19.4 Å². The smallest absolute Gasteiger partial charge is 0.0900 e. The second-order valence-corrected chi connectivity index (χ2v) is 9.74. The van der Waals surface area contributed by atoms with Gasteiger partial charge in [0.2, 0.25) is 0 Å². The molecule has 0 spiro atoms. The number of nitrogens with one attached hydrogen (secondary N) is 1. The van der Waals surface area contributed by atoms with Crippen LogP contribution in [0.1, 0.15) is 12.8 Å². The lowest BCUT2D eigenvalue weighted by Crippen LogP contribution is -2.33. The molecular weight excluding hydrogens is 468 g/mol. The maximum absolute atomic E-state index is 6.22. The first kappa shape index (κ1) is 22.7. The van der Waals surface area contributed by atoms with Crippen LogP contribution < -0.4 is 10.7 Å². The van der Waals surface area contributed by atoms with Gasteiger partial charge >= 0.3 is 0 Å². The molecule has 0 atom stereocenters. The number of aromatic nitrogens is 3. The Bertz CT molecular complexity index is 1540. The summed E-state index contributed by atoms with van der Waals surface area (Å²) >= 11 is 6.22. The fourth-order valence-electron chi connectivity index (χ4n) is 4.83. The maximum Gasteiger partial charge on any atom is 0.0900 e. The van der Waals surface area contributed by atoms with Gasteiger partial charge in [-0.05, 0) is 93.6 Å². The van der Waals surface area contributed by atoms with Gasteiger partial charge in [0.05, 0.1) is 51.4 Å². The first-order chi connectivity index (χ1) is 17.6. The van der Waals surface area contributed by atoms with Gasteiger partial charge in [-0.15, -0.1) is 0 Å². The summed E-state index contributed by atoms with van der Waals surface area (Å²) in [5.74, 6) is 0. The van der Waals surface area contributed by atoms with Crippen LogP contribution in [-0.2, 0) is 0 Å². The van der Waals surface area contributed by atoms with E-state index in [2.05, 4.69) is 45.0 Å². The zero-order chi connectivity index (χ0) is 24.5. The molecule has 180 valence electrons. The van der Waals surface area contributed by atoms with Gasteiger partial charge in [-0.25, -0.2) is 4.98 Å². The normalized spacial score (nSPS) is 15.6. The molecule has 6 rings (SSSR count). The SMILES string of the molecule is CN1CCC(/N=c2\cc3n(-c4ccc(Cl)cc4)c4ccccc4nc-3cc2Nc2cccnc2)CC1. The van der Waals surface area contributed by atoms with Crippen molar-refractivity contribution in [2.24, 2.45) is 4.99 Å². The summed E-state index contributed by atoms with van der Waals surface area (Å²) in [6.45, 7) is 2.12. The lowest BCUT2D eigenvalue weighted by molar-refractivity contribution is 0.255. The largest absolute Gasteiger partial charge is 0.352 e. The summed E-state index contributed by atoms with van der Waals surface area (Å²) in [6, 6.07) is 24.7. The van der Waals surface area contributed by atoms with E-state index in [1.807, 2.05) is 60.8 Å². The highest BCUT2D eigenvalue weighted by atomic mass is 35.5. The zero-order valence-corrected chi connectivity index (χ0v) is 20.9. The molecule has 1 saturated heterocycles. The predicted molar refractivity (Wildman–Crippen MR) is 146 cm³/mol. The van der Waals surface area contributed by atoms with Crippen LogP contribution >= 0.6 is 11.6 Å². The Balaban J connectivity index is 1.60. The van der Waals surface area contributed by atoms with Crippen LogP contribution in [0.4, 0.5) is 11.4 Å². The van der Waals surface area contributed by atoms with Gasteiger partial charge < -0.3 is 14.8 Å². The summed E-state index contributed by atoms with van der Waals surface area (Å²) in [4.78, 5) is 16.9. The number of rotatable bonds is 4. The van der Waals surface area contributed by atoms with Crippen molar-refractivity contribution in [2.75, 3.05) is 25.5 Å². The number of anilines is 2. The van der Waals surface area contributed by atoms with Gasteiger partial charge in [0.25, 0.3) is 0 Å². The predicted octanol–water partition coefficient (Wildman–Crippen LogP) is 5.92. The molecule has 0 unspecified atom stereocenters. The summed E-state index contributed by atoms with van der Waals surface area (Å²) in [5, 5.41) is 5.19. The standard InChI is InChI=1S/C29H27ClN6/c1-35-15-12-21(13-16-35)32-26-18-29-27(17-25(26)33-22-5-4-14-31-19-22)34-24-6-2-3-7-28(24)36(29)23-10-8-20(30)9-11-23/h2-11,14,17-19,21,33H,12-13,15-16H2,1H3/b32-26+. The first-order valence-corrected chi connectivity index (χ1v) is 12.6. The number of benzene rings is 3. The van der Waals surface area contributed by atoms with Gasteiger partial charge in [0, 0.05) is 16.9 Å². The molecule has 2 aromatic carbocycles. The number of pyridine rings is 1. The van der Waals surface area contributed by atoms with Crippen LogP contribution in [0.2, 0.25) is 5.02 Å². The van der Waals surface area contributed by atoms with Crippen molar-refractivity contribution in [2.45, 2.75) is 18.9 Å². The molecule has 6 nitrogen and oxygen atoms in total. The highest BCUT2D eigenvalue weighted by Gasteiger charge is 2.19. The fourth-order valence-corrected chi connectivity index (χ4v) is 4.96. The van der Waals surface area contributed by atoms with Crippen LogP contribution in [0.5, 0.6) is 0 Å². The van der Waals surface area contributed by atoms with E-state index in [0.29, 0.717) is 5.02 Å². The number of halogens is 1. The maximum atomic E-state index is 6.22. The Hall–Kier alpha value is -3.74. The molecule has 0 saturated carbocycles. The molecule has 1 N–H and O–H groups in total. The molecule has 7 heteroatoms. The lowest BCUT2D eigenvalue weighted by atomic mass is 10.1. The van der Waals surface area contributed by atoms with Gasteiger partial charge in [-0.1, -0.05) is 23.7 Å². The van der Waals surface area contributed by atoms with E-state index in [4.69, 9.17) is 21.6 Å². The molecule has 1 fully saturated rings. The summed E-state index contributed by atoms with van der Waals surface area (Å²) in [6.07, 6.45) is 5.70. The number of hydrogen-bond donors (Lipinski definition) is 1. The number of piperidine rings is 1. The van der Waals surface area contributed by atoms with Crippen molar-refractivity contribution in [3.8, 4) is 17.1 Å². The highest BCUT2D eigenvalue weighted by molar-refractivity contribution is 6.30. The number of hydrogen-bond acceptors (Lipinski definition) is 5. The Morgan fingerprint density at radius 2 is 1.78 bits per heavy atom. The minimum Gasteiger partial charge on any atom is -0.352 e. The quantitative estimate of drug-likeness (QED) is 0.315. The van der Waals surface area contributed by atoms with E-state index in [0.717, 1.165) is 70.8 Å². The summed E-state index contributed by atoms with van der Waals surface area (Å²) in [5.41, 5.74) is 6.72. The molecule has 0 amide bonds. The molecular formula is C29H27ClN6. The third kappa shape index (κ3) is 4.57. The van der Waals surface area contributed by atoms with Gasteiger partial charge in [-0.2, -0.15) is 0 Å². The second kappa shape index (κ2) is 9.72. The molecule has 3 aromatic rings. The average Bonchev–Trinajstić information content (AvgIpc) is 2.90. The van der Waals surface area contributed by atoms with Crippen molar-refractivity contribution < 1.29 is 0 Å². The Labute approximate surface area is 215 Å².